The molecule has 1 aromatic heterocycles. The molecule has 0 atom stereocenters. The van der Waals surface area contributed by atoms with Crippen molar-refractivity contribution < 1.29 is 8.42 Å². The van der Waals surface area contributed by atoms with Gasteiger partial charge in [0.2, 0.25) is 0 Å². The zero-order chi connectivity index (χ0) is 24.6. The van der Waals surface area contributed by atoms with Gasteiger partial charge in [0.15, 0.2) is 9.84 Å². The molecule has 176 valence electrons. The molecule has 0 unspecified atom stereocenters. The quantitative estimate of drug-likeness (QED) is 0.263. The molecule has 5 rings (SSSR count). The fourth-order valence-electron chi connectivity index (χ4n) is 4.73. The van der Waals surface area contributed by atoms with Gasteiger partial charge in [-0.15, -0.1) is 0 Å². The molecule has 35 heavy (non-hydrogen) atoms. The number of benzene rings is 4. The molecule has 0 amide bonds. The summed E-state index contributed by atoms with van der Waals surface area (Å²) in [5.41, 5.74) is 8.16. The van der Waals surface area contributed by atoms with Crippen LogP contribution in [0.3, 0.4) is 0 Å². The summed E-state index contributed by atoms with van der Waals surface area (Å²) in [4.78, 5) is 5.26. The van der Waals surface area contributed by atoms with Gasteiger partial charge in [-0.05, 0) is 61.2 Å². The Morgan fingerprint density at radius 3 is 2.20 bits per heavy atom. The second kappa shape index (κ2) is 9.16. The lowest BCUT2D eigenvalue weighted by atomic mass is 9.94. The first-order valence-corrected chi connectivity index (χ1v) is 13.5. The van der Waals surface area contributed by atoms with Crippen molar-refractivity contribution in [3.63, 3.8) is 0 Å². The molecule has 0 N–H and O–H groups in total. The minimum absolute atomic E-state index is 0.0315. The van der Waals surface area contributed by atoms with Crippen molar-refractivity contribution in [1.29, 1.82) is 0 Å². The van der Waals surface area contributed by atoms with Crippen LogP contribution in [0.1, 0.15) is 23.6 Å². The van der Waals surface area contributed by atoms with E-state index in [0.717, 1.165) is 34.6 Å². The van der Waals surface area contributed by atoms with Gasteiger partial charge in [0.05, 0.1) is 21.7 Å². The van der Waals surface area contributed by atoms with E-state index >= 15 is 0 Å². The zero-order valence-electron chi connectivity index (χ0n) is 20.2. The van der Waals surface area contributed by atoms with E-state index in [1.54, 1.807) is 12.1 Å². The predicted octanol–water partition coefficient (Wildman–Crippen LogP) is 6.98. The predicted molar refractivity (Wildman–Crippen MR) is 143 cm³/mol. The summed E-state index contributed by atoms with van der Waals surface area (Å²) in [5, 5.41) is 0. The minimum Gasteiger partial charge on any atom is -0.324 e. The topological polar surface area (TPSA) is 52.0 Å². The summed E-state index contributed by atoms with van der Waals surface area (Å²) in [5.74, 6) is 0.812. The van der Waals surface area contributed by atoms with Crippen LogP contribution in [0.15, 0.2) is 95.9 Å². The van der Waals surface area contributed by atoms with Crippen LogP contribution in [-0.2, 0) is 22.1 Å². The Labute approximate surface area is 206 Å². The van der Waals surface area contributed by atoms with Crippen LogP contribution in [0.5, 0.6) is 0 Å². The highest BCUT2D eigenvalue weighted by Crippen LogP contribution is 2.36. The SMILES string of the molecule is CCn1c(-c2ccccc2-c2ccc(C)cc2C)nc2cc(S(=O)(=O)Cc3ccccc3)ccc21. The van der Waals surface area contributed by atoms with E-state index in [-0.39, 0.29) is 5.75 Å². The first kappa shape index (κ1) is 23.1. The standard InChI is InChI=1S/C30H28N2O2S/c1-4-32-29-17-15-24(35(33,34)20-23-10-6-5-7-11-23)19-28(29)31-30(32)27-13-9-8-12-26(27)25-16-14-21(2)18-22(25)3/h5-19H,4,20H2,1-3H3. The van der Waals surface area contributed by atoms with Gasteiger partial charge < -0.3 is 4.57 Å². The Hall–Kier alpha value is -3.70. The maximum atomic E-state index is 13.1. The van der Waals surface area contributed by atoms with Crippen molar-refractivity contribution in [2.24, 2.45) is 0 Å². The first-order valence-electron chi connectivity index (χ1n) is 11.8. The molecule has 0 radical (unpaired) electrons. The largest absolute Gasteiger partial charge is 0.324 e. The lowest BCUT2D eigenvalue weighted by molar-refractivity contribution is 0.595. The summed E-state index contributed by atoms with van der Waals surface area (Å²) in [6.45, 7) is 7.04. The van der Waals surface area contributed by atoms with Crippen LogP contribution in [0, 0.1) is 13.8 Å². The monoisotopic (exact) mass is 480 g/mol. The van der Waals surface area contributed by atoms with Gasteiger partial charge in [-0.25, -0.2) is 13.4 Å². The molecule has 0 spiro atoms. The third kappa shape index (κ3) is 4.40. The van der Waals surface area contributed by atoms with E-state index in [0.29, 0.717) is 10.4 Å². The molecular formula is C30H28N2O2S. The normalized spacial score (nSPS) is 11.7. The Balaban J connectivity index is 1.63. The summed E-state index contributed by atoms with van der Waals surface area (Å²) >= 11 is 0. The summed E-state index contributed by atoms with van der Waals surface area (Å²) in [6, 6.07) is 29.4. The highest BCUT2D eigenvalue weighted by atomic mass is 32.2. The number of nitrogens with zero attached hydrogens (tertiary/aromatic N) is 2. The highest BCUT2D eigenvalue weighted by molar-refractivity contribution is 7.90. The zero-order valence-corrected chi connectivity index (χ0v) is 21.0. The lowest BCUT2D eigenvalue weighted by Crippen LogP contribution is -2.05. The molecule has 1 heterocycles. The Morgan fingerprint density at radius 2 is 1.49 bits per heavy atom. The van der Waals surface area contributed by atoms with Gasteiger partial charge in [0.25, 0.3) is 0 Å². The lowest BCUT2D eigenvalue weighted by Gasteiger charge is -2.14. The molecule has 0 saturated heterocycles. The van der Waals surface area contributed by atoms with Crippen molar-refractivity contribution in [2.75, 3.05) is 0 Å². The number of fused-ring (bicyclic) bond motifs is 1. The molecule has 0 saturated carbocycles. The number of imidazole rings is 1. The smallest absolute Gasteiger partial charge is 0.182 e. The Kier molecular flexibility index (Phi) is 6.03. The number of aromatic nitrogens is 2. The van der Waals surface area contributed by atoms with Gasteiger partial charge in [-0.1, -0.05) is 78.4 Å². The van der Waals surface area contributed by atoms with Crippen LogP contribution in [0.2, 0.25) is 0 Å². The number of hydrogen-bond donors (Lipinski definition) is 0. The van der Waals surface area contributed by atoms with Crippen LogP contribution < -0.4 is 0 Å². The van der Waals surface area contributed by atoms with Gasteiger partial charge in [-0.2, -0.15) is 0 Å². The molecule has 0 fully saturated rings. The molecule has 5 aromatic rings. The summed E-state index contributed by atoms with van der Waals surface area (Å²) < 4.78 is 28.5. The van der Waals surface area contributed by atoms with Gasteiger partial charge >= 0.3 is 0 Å². The van der Waals surface area contributed by atoms with E-state index in [9.17, 15) is 8.42 Å². The van der Waals surface area contributed by atoms with Crippen molar-refractivity contribution in [1.82, 2.24) is 9.55 Å². The molecule has 0 aliphatic heterocycles. The maximum absolute atomic E-state index is 13.1. The van der Waals surface area contributed by atoms with Crippen molar-refractivity contribution in [3.8, 4) is 22.5 Å². The number of rotatable bonds is 6. The number of hydrogen-bond acceptors (Lipinski definition) is 3. The third-order valence-corrected chi connectivity index (χ3v) is 8.12. The van der Waals surface area contributed by atoms with Gasteiger partial charge in [0, 0.05) is 12.1 Å². The maximum Gasteiger partial charge on any atom is 0.182 e. The molecule has 0 aliphatic rings. The van der Waals surface area contributed by atoms with E-state index in [1.807, 2.05) is 48.5 Å². The Morgan fingerprint density at radius 1 is 0.771 bits per heavy atom. The van der Waals surface area contributed by atoms with E-state index in [2.05, 4.69) is 55.7 Å². The second-order valence-corrected chi connectivity index (χ2v) is 10.9. The number of sulfone groups is 1. The molecule has 5 heteroatoms. The summed E-state index contributed by atoms with van der Waals surface area (Å²) in [6.07, 6.45) is 0. The second-order valence-electron chi connectivity index (χ2n) is 8.94. The molecule has 4 nitrogen and oxygen atoms in total. The summed E-state index contributed by atoms with van der Waals surface area (Å²) in [7, 11) is -3.49. The molecular weight excluding hydrogens is 452 g/mol. The molecule has 4 aromatic carbocycles. The minimum atomic E-state index is -3.49. The van der Waals surface area contributed by atoms with Crippen molar-refractivity contribution >= 4 is 20.9 Å². The van der Waals surface area contributed by atoms with Crippen LogP contribution >= 0.6 is 0 Å². The first-order chi connectivity index (χ1) is 16.9. The van der Waals surface area contributed by atoms with Crippen LogP contribution in [0.4, 0.5) is 0 Å². The van der Waals surface area contributed by atoms with Gasteiger partial charge in [0.1, 0.15) is 5.82 Å². The highest BCUT2D eigenvalue weighted by Gasteiger charge is 2.20. The van der Waals surface area contributed by atoms with E-state index < -0.39 is 9.84 Å². The Bertz CT molecular complexity index is 1630. The fourth-order valence-corrected chi connectivity index (χ4v) is 6.10. The van der Waals surface area contributed by atoms with Crippen LogP contribution in [0.25, 0.3) is 33.5 Å². The van der Waals surface area contributed by atoms with Crippen molar-refractivity contribution in [2.45, 2.75) is 38.0 Å². The third-order valence-electron chi connectivity index (χ3n) is 6.43. The van der Waals surface area contributed by atoms with E-state index in [1.165, 1.54) is 16.7 Å². The fraction of sp³-hybridized carbons (Fsp3) is 0.167. The molecule has 0 aliphatic carbocycles. The van der Waals surface area contributed by atoms with E-state index in [4.69, 9.17) is 4.98 Å². The average molecular weight is 481 g/mol. The van der Waals surface area contributed by atoms with Gasteiger partial charge in [-0.3, -0.25) is 0 Å². The average Bonchev–Trinajstić information content (AvgIpc) is 3.22. The van der Waals surface area contributed by atoms with Crippen LogP contribution in [-0.4, -0.2) is 18.0 Å². The number of aryl methyl sites for hydroxylation is 3. The molecule has 0 bridgehead atoms. The van der Waals surface area contributed by atoms with Crippen molar-refractivity contribution in [3.05, 3.63) is 108 Å².